The van der Waals surface area contributed by atoms with E-state index in [2.05, 4.69) is 6.92 Å². The lowest BCUT2D eigenvalue weighted by Gasteiger charge is -2.07. The van der Waals surface area contributed by atoms with Crippen molar-refractivity contribution in [3.05, 3.63) is 28.8 Å². The molecule has 0 fully saturated rings. The highest BCUT2D eigenvalue weighted by Crippen LogP contribution is 2.25. The summed E-state index contributed by atoms with van der Waals surface area (Å²) in [6.07, 6.45) is 0.973. The fourth-order valence-corrected chi connectivity index (χ4v) is 1.17. The Labute approximate surface area is 83.4 Å². The number of rotatable bonds is 4. The molecule has 1 rings (SSSR count). The molecule has 72 valence electrons. The van der Waals surface area contributed by atoms with E-state index in [-0.39, 0.29) is 6.79 Å². The van der Waals surface area contributed by atoms with Gasteiger partial charge in [0.25, 0.3) is 0 Å². The Morgan fingerprint density at radius 2 is 2.15 bits per heavy atom. The van der Waals surface area contributed by atoms with Crippen LogP contribution in [0.25, 0.3) is 0 Å². The largest absolute Gasteiger partial charge is 0.466 e. The van der Waals surface area contributed by atoms with Crippen LogP contribution >= 0.6 is 11.6 Å². The van der Waals surface area contributed by atoms with Crippen LogP contribution in [0, 0.1) is 0 Å². The van der Waals surface area contributed by atoms with E-state index in [1.165, 1.54) is 5.56 Å². The second-order valence-corrected chi connectivity index (χ2v) is 3.08. The molecule has 1 aromatic carbocycles. The van der Waals surface area contributed by atoms with Gasteiger partial charge in [-0.25, -0.2) is 0 Å². The molecule has 3 heteroatoms. The van der Waals surface area contributed by atoms with E-state index in [9.17, 15) is 0 Å². The molecule has 0 spiro atoms. The molecule has 0 bridgehead atoms. The average Bonchev–Trinajstić information content (AvgIpc) is 2.17. The van der Waals surface area contributed by atoms with Crippen LogP contribution in [-0.4, -0.2) is 13.9 Å². The smallest absolute Gasteiger partial charge is 0.188 e. The first-order chi connectivity index (χ1) is 6.27. The van der Waals surface area contributed by atoms with Crippen molar-refractivity contribution >= 4 is 11.6 Å². The molecular formula is C10H13ClO2. The van der Waals surface area contributed by atoms with Crippen molar-refractivity contribution in [2.24, 2.45) is 0 Å². The Bertz CT molecular complexity index is 274. The van der Waals surface area contributed by atoms with Crippen molar-refractivity contribution in [3.63, 3.8) is 0 Å². The Balaban J connectivity index is 2.78. The van der Waals surface area contributed by atoms with Gasteiger partial charge in [-0.3, -0.25) is 0 Å². The minimum atomic E-state index is 0.229. The quantitative estimate of drug-likeness (QED) is 0.696. The molecule has 13 heavy (non-hydrogen) atoms. The van der Waals surface area contributed by atoms with Gasteiger partial charge in [0.1, 0.15) is 5.75 Å². The van der Waals surface area contributed by atoms with E-state index in [0.29, 0.717) is 10.8 Å². The molecule has 0 N–H and O–H groups in total. The van der Waals surface area contributed by atoms with Gasteiger partial charge in [0, 0.05) is 7.11 Å². The Morgan fingerprint density at radius 1 is 1.38 bits per heavy atom. The molecule has 0 aliphatic rings. The molecule has 0 radical (unpaired) electrons. The summed E-state index contributed by atoms with van der Waals surface area (Å²) >= 11 is 5.91. The third-order valence-corrected chi connectivity index (χ3v) is 2.05. The van der Waals surface area contributed by atoms with Gasteiger partial charge in [-0.1, -0.05) is 24.6 Å². The van der Waals surface area contributed by atoms with Gasteiger partial charge in [0.2, 0.25) is 0 Å². The first-order valence-electron chi connectivity index (χ1n) is 4.18. The summed E-state index contributed by atoms with van der Waals surface area (Å²) in [7, 11) is 1.58. The Hall–Kier alpha value is -0.730. The zero-order valence-electron chi connectivity index (χ0n) is 7.84. The predicted molar refractivity (Wildman–Crippen MR) is 53.3 cm³/mol. The van der Waals surface area contributed by atoms with Gasteiger partial charge in [-0.2, -0.15) is 0 Å². The van der Waals surface area contributed by atoms with E-state index >= 15 is 0 Å². The zero-order chi connectivity index (χ0) is 9.68. The zero-order valence-corrected chi connectivity index (χ0v) is 8.60. The minimum Gasteiger partial charge on any atom is -0.466 e. The van der Waals surface area contributed by atoms with Gasteiger partial charge in [0.15, 0.2) is 6.79 Å². The fraction of sp³-hybridized carbons (Fsp3) is 0.400. The Morgan fingerprint density at radius 3 is 2.77 bits per heavy atom. The number of hydrogen-bond acceptors (Lipinski definition) is 2. The number of aryl methyl sites for hydroxylation is 1. The van der Waals surface area contributed by atoms with Gasteiger partial charge in [-0.15, -0.1) is 0 Å². The molecule has 0 atom stereocenters. The molecule has 0 saturated carbocycles. The molecular weight excluding hydrogens is 188 g/mol. The molecule has 2 nitrogen and oxygen atoms in total. The van der Waals surface area contributed by atoms with Crippen LogP contribution in [0.15, 0.2) is 18.2 Å². The molecule has 0 saturated heterocycles. The monoisotopic (exact) mass is 200 g/mol. The van der Waals surface area contributed by atoms with Crippen molar-refractivity contribution in [2.75, 3.05) is 13.9 Å². The highest BCUT2D eigenvalue weighted by Gasteiger charge is 2.01. The SMILES string of the molecule is CCc1ccc(Cl)c(OCOC)c1. The first-order valence-corrected chi connectivity index (χ1v) is 4.56. The van der Waals surface area contributed by atoms with Crippen molar-refractivity contribution in [1.82, 2.24) is 0 Å². The second kappa shape index (κ2) is 5.10. The van der Waals surface area contributed by atoms with Crippen molar-refractivity contribution in [3.8, 4) is 5.75 Å². The minimum absolute atomic E-state index is 0.229. The maximum atomic E-state index is 5.91. The van der Waals surface area contributed by atoms with Gasteiger partial charge < -0.3 is 9.47 Å². The number of ether oxygens (including phenoxy) is 2. The lowest BCUT2D eigenvalue weighted by atomic mass is 10.2. The maximum Gasteiger partial charge on any atom is 0.188 e. The summed E-state index contributed by atoms with van der Waals surface area (Å²) in [6, 6.07) is 5.76. The maximum absolute atomic E-state index is 5.91. The lowest BCUT2D eigenvalue weighted by Crippen LogP contribution is -1.99. The summed E-state index contributed by atoms with van der Waals surface area (Å²) in [5, 5.41) is 0.620. The third-order valence-electron chi connectivity index (χ3n) is 1.74. The molecule has 0 aromatic heterocycles. The van der Waals surface area contributed by atoms with Crippen LogP contribution in [0.2, 0.25) is 5.02 Å². The van der Waals surface area contributed by atoms with Crippen LogP contribution < -0.4 is 4.74 Å². The van der Waals surface area contributed by atoms with Crippen LogP contribution in [-0.2, 0) is 11.2 Å². The molecule has 0 aliphatic carbocycles. The van der Waals surface area contributed by atoms with E-state index in [4.69, 9.17) is 21.1 Å². The van der Waals surface area contributed by atoms with E-state index in [1.54, 1.807) is 7.11 Å². The van der Waals surface area contributed by atoms with Crippen LogP contribution in [0.5, 0.6) is 5.75 Å². The van der Waals surface area contributed by atoms with Crippen molar-refractivity contribution < 1.29 is 9.47 Å². The summed E-state index contributed by atoms with van der Waals surface area (Å²) in [6.45, 7) is 2.32. The number of benzene rings is 1. The highest BCUT2D eigenvalue weighted by atomic mass is 35.5. The molecule has 1 aromatic rings. The molecule has 0 aliphatic heterocycles. The van der Waals surface area contributed by atoms with Crippen molar-refractivity contribution in [1.29, 1.82) is 0 Å². The topological polar surface area (TPSA) is 18.5 Å². The predicted octanol–water partition coefficient (Wildman–Crippen LogP) is 2.89. The molecule has 0 amide bonds. The van der Waals surface area contributed by atoms with Crippen LogP contribution in [0.4, 0.5) is 0 Å². The first kappa shape index (κ1) is 10.4. The second-order valence-electron chi connectivity index (χ2n) is 2.67. The molecule has 0 heterocycles. The van der Waals surface area contributed by atoms with Crippen LogP contribution in [0.3, 0.4) is 0 Å². The van der Waals surface area contributed by atoms with E-state index in [0.717, 1.165) is 6.42 Å². The summed E-state index contributed by atoms with van der Waals surface area (Å²) in [5.74, 6) is 0.683. The normalized spacial score (nSPS) is 10.1. The fourth-order valence-electron chi connectivity index (χ4n) is 1.00. The van der Waals surface area contributed by atoms with E-state index < -0.39 is 0 Å². The number of halogens is 1. The van der Waals surface area contributed by atoms with Crippen molar-refractivity contribution in [2.45, 2.75) is 13.3 Å². The highest BCUT2D eigenvalue weighted by molar-refractivity contribution is 6.32. The average molecular weight is 201 g/mol. The standard InChI is InChI=1S/C10H13ClO2/c1-3-8-4-5-9(11)10(6-8)13-7-12-2/h4-6H,3,7H2,1-2H3. The van der Waals surface area contributed by atoms with Gasteiger partial charge in [0.05, 0.1) is 5.02 Å². The van der Waals surface area contributed by atoms with Gasteiger partial charge >= 0.3 is 0 Å². The molecule has 0 unspecified atom stereocenters. The summed E-state index contributed by atoms with van der Waals surface area (Å²) < 4.78 is 10.1. The summed E-state index contributed by atoms with van der Waals surface area (Å²) in [5.41, 5.74) is 1.20. The van der Waals surface area contributed by atoms with E-state index in [1.807, 2.05) is 18.2 Å². The van der Waals surface area contributed by atoms with Crippen LogP contribution in [0.1, 0.15) is 12.5 Å². The number of methoxy groups -OCH3 is 1. The number of hydrogen-bond donors (Lipinski definition) is 0. The summed E-state index contributed by atoms with van der Waals surface area (Å²) in [4.78, 5) is 0. The Kier molecular flexibility index (Phi) is 4.06. The third kappa shape index (κ3) is 2.90. The van der Waals surface area contributed by atoms with Gasteiger partial charge in [-0.05, 0) is 24.1 Å². The lowest BCUT2D eigenvalue weighted by molar-refractivity contribution is 0.0511.